The van der Waals surface area contributed by atoms with E-state index in [4.69, 9.17) is 0 Å². The van der Waals surface area contributed by atoms with Crippen LogP contribution in [0.4, 0.5) is 0 Å². The largest absolute Gasteiger partial charge is 0.354 e. The molecule has 0 saturated carbocycles. The van der Waals surface area contributed by atoms with E-state index < -0.39 is 0 Å². The molecular weight excluding hydrogens is 356 g/mol. The summed E-state index contributed by atoms with van der Waals surface area (Å²) in [5, 5.41) is 0. The van der Waals surface area contributed by atoms with Crippen LogP contribution in [-0.4, -0.2) is 83.1 Å². The fraction of sp³-hybridized carbons (Fsp3) is 0.667. The van der Waals surface area contributed by atoms with Gasteiger partial charge >= 0.3 is 0 Å². The van der Waals surface area contributed by atoms with E-state index in [9.17, 15) is 14.4 Å². The van der Waals surface area contributed by atoms with Gasteiger partial charge in [-0.05, 0) is 45.1 Å². The van der Waals surface area contributed by atoms with Crippen molar-refractivity contribution in [1.29, 1.82) is 0 Å². The molecule has 1 aromatic heterocycles. The molecule has 0 spiro atoms. The summed E-state index contributed by atoms with van der Waals surface area (Å²) in [5.74, 6) is 0.156. The fourth-order valence-electron chi connectivity index (χ4n) is 4.44. The predicted octanol–water partition coefficient (Wildman–Crippen LogP) is 1.86. The molecule has 3 rings (SSSR count). The van der Waals surface area contributed by atoms with E-state index in [0.717, 1.165) is 50.2 Å². The molecule has 0 radical (unpaired) electrons. The summed E-state index contributed by atoms with van der Waals surface area (Å²) in [6.07, 6.45) is 3.70. The van der Waals surface area contributed by atoms with Crippen LogP contribution in [0.3, 0.4) is 0 Å². The molecule has 0 unspecified atom stereocenters. The van der Waals surface area contributed by atoms with Crippen LogP contribution in [-0.2, 0) is 11.2 Å². The number of carbonyl (C=O) groups is 3. The van der Waals surface area contributed by atoms with Crippen molar-refractivity contribution >= 4 is 17.6 Å². The number of aromatic amines is 1. The quantitative estimate of drug-likeness (QED) is 0.781. The number of likely N-dealkylation sites (tertiary alicyclic amines) is 1. The Morgan fingerprint density at radius 2 is 1.61 bits per heavy atom. The Bertz CT molecular complexity index is 749. The topological polar surface area (TPSA) is 76.7 Å². The van der Waals surface area contributed by atoms with Gasteiger partial charge in [-0.2, -0.15) is 0 Å². The summed E-state index contributed by atoms with van der Waals surface area (Å²) in [6, 6.07) is 0. The highest BCUT2D eigenvalue weighted by Crippen LogP contribution is 2.22. The number of ketones is 1. The summed E-state index contributed by atoms with van der Waals surface area (Å²) in [7, 11) is 0. The minimum atomic E-state index is -0.0415. The van der Waals surface area contributed by atoms with Crippen molar-refractivity contribution in [2.45, 2.75) is 46.5 Å². The second kappa shape index (κ2) is 8.90. The average molecular weight is 389 g/mol. The molecule has 1 N–H and O–H groups in total. The van der Waals surface area contributed by atoms with E-state index in [0.29, 0.717) is 43.9 Å². The molecular formula is C21H32N4O3. The number of hydrogen-bond donors (Lipinski definition) is 1. The number of hydrogen-bond acceptors (Lipinski definition) is 4. The van der Waals surface area contributed by atoms with E-state index in [-0.39, 0.29) is 17.6 Å². The molecule has 1 aromatic rings. The summed E-state index contributed by atoms with van der Waals surface area (Å²) >= 11 is 0. The highest BCUT2D eigenvalue weighted by Gasteiger charge is 2.28. The predicted molar refractivity (Wildman–Crippen MR) is 108 cm³/mol. The third-order valence-corrected chi connectivity index (χ3v) is 5.90. The number of amides is 2. The monoisotopic (exact) mass is 388 g/mol. The first-order chi connectivity index (χ1) is 13.4. The van der Waals surface area contributed by atoms with Crippen molar-refractivity contribution < 1.29 is 14.4 Å². The third kappa shape index (κ3) is 4.29. The number of aryl methyl sites for hydroxylation is 1. The number of carbonyl (C=O) groups excluding carboxylic acids is 3. The molecule has 7 nitrogen and oxygen atoms in total. The second-order valence-corrected chi connectivity index (χ2v) is 7.90. The van der Waals surface area contributed by atoms with Crippen LogP contribution in [0.15, 0.2) is 0 Å². The number of nitrogens with one attached hydrogen (secondary N) is 1. The van der Waals surface area contributed by atoms with Crippen LogP contribution >= 0.6 is 0 Å². The molecule has 2 aliphatic rings. The summed E-state index contributed by atoms with van der Waals surface area (Å²) in [4.78, 5) is 46.7. The van der Waals surface area contributed by atoms with E-state index in [2.05, 4.69) is 9.88 Å². The Balaban J connectivity index is 1.65. The Morgan fingerprint density at radius 3 is 2.25 bits per heavy atom. The minimum Gasteiger partial charge on any atom is -0.354 e. The Morgan fingerprint density at radius 1 is 0.929 bits per heavy atom. The lowest BCUT2D eigenvalue weighted by molar-refractivity contribution is -0.131. The lowest BCUT2D eigenvalue weighted by Gasteiger charge is -2.24. The van der Waals surface area contributed by atoms with Gasteiger partial charge in [-0.15, -0.1) is 0 Å². The van der Waals surface area contributed by atoms with Gasteiger partial charge in [-0.3, -0.25) is 19.3 Å². The van der Waals surface area contributed by atoms with E-state index in [1.807, 2.05) is 23.6 Å². The first kappa shape index (κ1) is 20.6. The second-order valence-electron chi connectivity index (χ2n) is 7.90. The molecule has 2 aliphatic heterocycles. The highest BCUT2D eigenvalue weighted by molar-refractivity contribution is 6.02. The van der Waals surface area contributed by atoms with Crippen molar-refractivity contribution in [1.82, 2.24) is 19.7 Å². The van der Waals surface area contributed by atoms with Gasteiger partial charge in [-0.25, -0.2) is 0 Å². The van der Waals surface area contributed by atoms with Crippen LogP contribution in [0.25, 0.3) is 0 Å². The van der Waals surface area contributed by atoms with E-state index in [1.54, 1.807) is 6.92 Å². The summed E-state index contributed by atoms with van der Waals surface area (Å²) in [5.41, 5.74) is 2.78. The minimum absolute atomic E-state index is 0.00730. The van der Waals surface area contributed by atoms with Crippen LogP contribution in [0.2, 0.25) is 0 Å². The molecule has 3 heterocycles. The van der Waals surface area contributed by atoms with Crippen LogP contribution in [0.5, 0.6) is 0 Å². The van der Waals surface area contributed by atoms with E-state index in [1.165, 1.54) is 0 Å². The van der Waals surface area contributed by atoms with Crippen LogP contribution < -0.4 is 0 Å². The zero-order chi connectivity index (χ0) is 20.3. The van der Waals surface area contributed by atoms with Gasteiger partial charge in [-0.1, -0.05) is 6.92 Å². The van der Waals surface area contributed by atoms with Gasteiger partial charge in [0.05, 0.1) is 6.54 Å². The number of H-pyrrole nitrogens is 1. The van der Waals surface area contributed by atoms with Gasteiger partial charge < -0.3 is 14.8 Å². The Labute approximate surface area is 167 Å². The Hall–Kier alpha value is -2.15. The first-order valence-electron chi connectivity index (χ1n) is 10.4. The molecule has 0 bridgehead atoms. The van der Waals surface area contributed by atoms with Crippen molar-refractivity contribution in [2.24, 2.45) is 0 Å². The molecule has 2 fully saturated rings. The number of rotatable bonds is 5. The smallest absolute Gasteiger partial charge is 0.270 e. The number of aromatic nitrogens is 1. The molecule has 7 heteroatoms. The fourth-order valence-corrected chi connectivity index (χ4v) is 4.44. The van der Waals surface area contributed by atoms with Gasteiger partial charge in [0.15, 0.2) is 5.78 Å². The molecule has 0 atom stereocenters. The van der Waals surface area contributed by atoms with Crippen molar-refractivity contribution in [3.63, 3.8) is 0 Å². The number of nitrogens with zero attached hydrogens (tertiary/aromatic N) is 3. The van der Waals surface area contributed by atoms with Crippen LogP contribution in [0.1, 0.15) is 65.2 Å². The first-order valence-corrected chi connectivity index (χ1v) is 10.4. The molecule has 0 aromatic carbocycles. The van der Waals surface area contributed by atoms with Gasteiger partial charge in [0.25, 0.3) is 5.91 Å². The molecule has 0 aliphatic carbocycles. The maximum Gasteiger partial charge on any atom is 0.270 e. The summed E-state index contributed by atoms with van der Waals surface area (Å²) in [6.45, 7) is 10.4. The van der Waals surface area contributed by atoms with Crippen LogP contribution in [0, 0.1) is 6.92 Å². The Kier molecular flexibility index (Phi) is 6.54. The zero-order valence-corrected chi connectivity index (χ0v) is 17.3. The van der Waals surface area contributed by atoms with Gasteiger partial charge in [0.2, 0.25) is 5.91 Å². The normalized spacial score (nSPS) is 18.4. The van der Waals surface area contributed by atoms with Crippen molar-refractivity contribution in [2.75, 3.05) is 45.8 Å². The zero-order valence-electron chi connectivity index (χ0n) is 17.3. The maximum absolute atomic E-state index is 13.1. The SMILES string of the molecule is CCc1c(C(=O)N2CCCN(CC(=O)N3CCCC3)CC2)[nH]c(C)c1C(C)=O. The highest BCUT2D eigenvalue weighted by atomic mass is 16.2. The number of Topliss-reactive ketones (excluding diaryl/α,β-unsaturated/α-hetero) is 1. The van der Waals surface area contributed by atoms with Crippen molar-refractivity contribution in [3.05, 3.63) is 22.5 Å². The molecule has 2 amide bonds. The lowest BCUT2D eigenvalue weighted by atomic mass is 10.0. The van der Waals surface area contributed by atoms with Crippen molar-refractivity contribution in [3.8, 4) is 0 Å². The lowest BCUT2D eigenvalue weighted by Crippen LogP contribution is -2.41. The maximum atomic E-state index is 13.1. The molecule has 154 valence electrons. The standard InChI is InChI=1S/C21H32N4O3/c1-4-17-19(16(3)26)15(2)22-20(17)21(28)25-11-7-8-23(12-13-25)14-18(27)24-9-5-6-10-24/h22H,4-14H2,1-3H3. The van der Waals surface area contributed by atoms with Gasteiger partial charge in [0.1, 0.15) is 5.69 Å². The average Bonchev–Trinajstić information content (AvgIpc) is 3.24. The summed E-state index contributed by atoms with van der Waals surface area (Å²) < 4.78 is 0. The molecule has 2 saturated heterocycles. The van der Waals surface area contributed by atoms with Gasteiger partial charge in [0, 0.05) is 50.5 Å². The molecule has 28 heavy (non-hydrogen) atoms. The third-order valence-electron chi connectivity index (χ3n) is 5.90. The van der Waals surface area contributed by atoms with E-state index >= 15 is 0 Å².